The summed E-state index contributed by atoms with van der Waals surface area (Å²) in [4.78, 5) is 78.1. The van der Waals surface area contributed by atoms with Crippen molar-refractivity contribution < 1.29 is 102 Å². The molecule has 0 saturated heterocycles. The van der Waals surface area contributed by atoms with E-state index in [0.29, 0.717) is 68.5 Å². The lowest BCUT2D eigenvalue weighted by molar-refractivity contribution is -0.146. The summed E-state index contributed by atoms with van der Waals surface area (Å²) in [6.45, 7) is 43.9. The predicted octanol–water partition coefficient (Wildman–Crippen LogP) is 7.37. The third kappa shape index (κ3) is 55.4. The van der Waals surface area contributed by atoms with Crippen molar-refractivity contribution in [3.8, 4) is 0 Å². The van der Waals surface area contributed by atoms with Gasteiger partial charge in [0.05, 0.1) is 82.1 Å². The maximum absolute atomic E-state index is 12.1. The summed E-state index contributed by atoms with van der Waals surface area (Å²) < 4.78 is 108. The average Bonchev–Trinajstić information content (AvgIpc) is 3.72. The van der Waals surface area contributed by atoms with E-state index in [9.17, 15) is 54.6 Å². The minimum Gasteiger partial charge on any atom is -0.465 e. The van der Waals surface area contributed by atoms with Crippen LogP contribution >= 0.6 is 0 Å². The van der Waals surface area contributed by atoms with Crippen LogP contribution < -0.4 is 0 Å². The van der Waals surface area contributed by atoms with Crippen LogP contribution in [0.25, 0.3) is 0 Å². The fourth-order valence-electron chi connectivity index (χ4n) is 5.10. The highest BCUT2D eigenvalue weighted by Gasteiger charge is 2.18. The highest BCUT2D eigenvalue weighted by Crippen LogP contribution is 2.12. The fourth-order valence-corrected chi connectivity index (χ4v) is 9.02. The molecule has 0 aliphatic carbocycles. The maximum atomic E-state index is 12.1. The van der Waals surface area contributed by atoms with Crippen molar-refractivity contribution in [2.75, 3.05) is 109 Å². The molecule has 0 aromatic heterocycles. The Bertz CT molecular complexity index is 2310. The van der Waals surface area contributed by atoms with Crippen molar-refractivity contribution in [2.24, 2.45) is 11.8 Å². The average molecular weight is 1360 g/mol. The Hall–Kier alpha value is -5.16. The highest BCUT2D eigenvalue weighted by molar-refractivity contribution is 7.87. The van der Waals surface area contributed by atoms with Gasteiger partial charge in [0.15, 0.2) is 0 Å². The van der Waals surface area contributed by atoms with E-state index in [1.54, 1.807) is 41.5 Å². The summed E-state index contributed by atoms with van der Waals surface area (Å²) in [5.41, 5.74) is 0.740. The molecule has 0 bridgehead atoms. The second-order valence-electron chi connectivity index (χ2n) is 19.9. The fraction of sp³-hybridized carbons (Fsp3) is 0.629. The second kappa shape index (κ2) is 58.0. The second-order valence-corrected chi connectivity index (χ2v) is 30.0. The third-order valence-corrected chi connectivity index (χ3v) is 18.8. The molecule has 0 amide bonds. The molecule has 0 saturated carbocycles. The minimum atomic E-state index is -1.20. The molecular weight excluding hydrogens is 1260 g/mol. The molecule has 0 fully saturated rings. The number of benzene rings is 1. The van der Waals surface area contributed by atoms with E-state index in [2.05, 4.69) is 37.6 Å². The van der Waals surface area contributed by atoms with E-state index >= 15 is 0 Å². The molecule has 0 N–H and O–H groups in total. The first-order chi connectivity index (χ1) is 41.8. The quantitative estimate of drug-likeness (QED) is 0.0267. The smallest absolute Gasteiger partial charge is 0.333 e. The van der Waals surface area contributed by atoms with E-state index in [1.165, 1.54) is 0 Å². The van der Waals surface area contributed by atoms with Gasteiger partial charge in [-0.05, 0) is 45.7 Å². The zero-order valence-electron chi connectivity index (χ0n) is 54.7. The first kappa shape index (κ1) is 90.3. The molecule has 1 aromatic rings. The van der Waals surface area contributed by atoms with Crippen LogP contribution in [0.15, 0.2) is 97.5 Å². The van der Waals surface area contributed by atoms with Crippen molar-refractivity contribution >= 4 is 95.8 Å². The Morgan fingerprint density at radius 2 is 0.753 bits per heavy atom. The summed E-state index contributed by atoms with van der Waals surface area (Å²) in [5, 5.41) is 0.0671. The van der Waals surface area contributed by atoms with Gasteiger partial charge >= 0.3 is 41.8 Å². The molecule has 512 valence electrons. The van der Waals surface area contributed by atoms with Crippen LogP contribution in [0.4, 0.5) is 0 Å². The molecular formula is C62H102O22S5. The topological polar surface area (TPSA) is 297 Å². The number of hydrogen-bond acceptors (Lipinski definition) is 22. The predicted molar refractivity (Wildman–Crippen MR) is 352 cm³/mol. The summed E-state index contributed by atoms with van der Waals surface area (Å²) in [6.07, 6.45) is 4.71. The van der Waals surface area contributed by atoms with Gasteiger partial charge in [0.1, 0.15) is 31.3 Å². The van der Waals surface area contributed by atoms with Crippen molar-refractivity contribution in [2.45, 2.75) is 134 Å². The normalized spacial score (nSPS) is 13.2. The van der Waals surface area contributed by atoms with Crippen LogP contribution in [-0.2, 0) is 135 Å². The van der Waals surface area contributed by atoms with E-state index in [1.807, 2.05) is 78.8 Å². The van der Waals surface area contributed by atoms with Gasteiger partial charge in [0.25, 0.3) is 0 Å². The van der Waals surface area contributed by atoms with Gasteiger partial charge < -0.3 is 47.4 Å². The first-order valence-electron chi connectivity index (χ1n) is 28.9. The lowest BCUT2D eigenvalue weighted by atomic mass is 10.1. The van der Waals surface area contributed by atoms with Gasteiger partial charge in [-0.2, -0.15) is 0 Å². The van der Waals surface area contributed by atoms with Crippen molar-refractivity contribution in [3.63, 3.8) is 0 Å². The summed E-state index contributed by atoms with van der Waals surface area (Å²) in [7, 11) is -5.18. The van der Waals surface area contributed by atoms with E-state index in [0.717, 1.165) is 23.1 Å². The van der Waals surface area contributed by atoms with Crippen LogP contribution in [0.1, 0.15) is 103 Å². The van der Waals surface area contributed by atoms with Gasteiger partial charge in [0, 0.05) is 122 Å². The van der Waals surface area contributed by atoms with Gasteiger partial charge in [-0.1, -0.05) is 120 Å². The number of hydrogen-bond donors (Lipinski definition) is 0. The van der Waals surface area contributed by atoms with E-state index in [-0.39, 0.29) is 102 Å². The lowest BCUT2D eigenvalue weighted by Gasteiger charge is -2.15. The summed E-state index contributed by atoms with van der Waals surface area (Å²) >= 11 is 0. The molecule has 27 heteroatoms. The first-order valence-corrected chi connectivity index (χ1v) is 35.6. The molecule has 22 nitrogen and oxygen atoms in total. The molecule has 89 heavy (non-hydrogen) atoms. The number of carbonyl (C=O) groups excluding carboxylic acids is 7. The van der Waals surface area contributed by atoms with Crippen molar-refractivity contribution in [1.82, 2.24) is 0 Å². The Balaban J connectivity index is -0.000000509. The lowest BCUT2D eigenvalue weighted by Crippen LogP contribution is -2.24. The Labute approximate surface area is 542 Å². The standard InChI is InChI=1S/C15H20O4S.2C13H22O5S.C11H20O4S.C10H18O4S/c1-12(2)15(16)19-10-9-18-11-13(3)20(17)14-7-5-4-6-8-14;2*1-5-11(7-17-12(14)6-2)8-18-13(15)9-19(16)10(3)4;1-9(2)11(12)15-6-5-14-7-8-16(13)10(3)4;1-4-10(11)14-6-5-13-7-8-15(12)9(2)3/h4-8,13H,1,9-11H2,2-3H3;2*6,10-11H,2,5,7-9H2,1,3-4H3;10H,1,5-8H2,2-4H3;4,9H,1,5-8H2,2-3H3. The van der Waals surface area contributed by atoms with E-state index in [4.69, 9.17) is 42.6 Å². The molecule has 0 aliphatic heterocycles. The van der Waals surface area contributed by atoms with Crippen LogP contribution in [0, 0.1) is 11.8 Å². The molecule has 0 spiro atoms. The molecule has 0 radical (unpaired) electrons. The van der Waals surface area contributed by atoms with Gasteiger partial charge in [-0.25, -0.2) is 24.0 Å². The van der Waals surface area contributed by atoms with Crippen LogP contribution in [0.3, 0.4) is 0 Å². The summed E-state index contributed by atoms with van der Waals surface area (Å²) in [5.74, 6) is -2.51. The maximum Gasteiger partial charge on any atom is 0.333 e. The Morgan fingerprint density at radius 3 is 1.08 bits per heavy atom. The van der Waals surface area contributed by atoms with Gasteiger partial charge in [0.2, 0.25) is 0 Å². The Kier molecular flexibility index (Phi) is 58.8. The molecule has 8 unspecified atom stereocenters. The molecule has 0 aliphatic rings. The van der Waals surface area contributed by atoms with Gasteiger partial charge in [-0.15, -0.1) is 0 Å². The summed E-state index contributed by atoms with van der Waals surface area (Å²) in [6, 6.07) is 9.27. The minimum absolute atomic E-state index is 0.0552. The zero-order chi connectivity index (χ0) is 68.9. The molecule has 8 atom stereocenters. The highest BCUT2D eigenvalue weighted by atomic mass is 32.2. The molecule has 1 rings (SSSR count). The van der Waals surface area contributed by atoms with E-state index < -0.39 is 95.8 Å². The van der Waals surface area contributed by atoms with Crippen LogP contribution in [0.5, 0.6) is 0 Å². The third-order valence-electron chi connectivity index (χ3n) is 10.8. The largest absolute Gasteiger partial charge is 0.465 e. The van der Waals surface area contributed by atoms with Crippen LogP contribution in [-0.4, -0.2) is 198 Å². The number of esters is 7. The zero-order valence-corrected chi connectivity index (χ0v) is 58.7. The number of ether oxygens (including phenoxy) is 10. The van der Waals surface area contributed by atoms with Crippen molar-refractivity contribution in [3.05, 3.63) is 92.6 Å². The number of carbonyl (C=O) groups is 7. The monoisotopic (exact) mass is 1360 g/mol. The Morgan fingerprint density at radius 1 is 0.427 bits per heavy atom. The molecule has 1 aromatic carbocycles. The number of rotatable bonds is 42. The SMILES string of the molecule is C=C(C)C(=O)OCCOCC(C)S(=O)c1ccccc1.C=C(C)C(=O)OCCOCCS(=O)C(C)C.C=CC(=O)OCC(CC)COC(=O)CS(=O)C(C)C.C=CC(=O)OCC(CC)COC(=O)CS(=O)C(C)C.C=CC(=O)OCCOCCS(=O)C(C)C. The van der Waals surface area contributed by atoms with Crippen molar-refractivity contribution in [1.29, 1.82) is 0 Å². The molecule has 0 heterocycles. The van der Waals surface area contributed by atoms with Gasteiger partial charge in [-0.3, -0.25) is 30.6 Å². The van der Waals surface area contributed by atoms with Crippen LogP contribution in [0.2, 0.25) is 0 Å².